The van der Waals surface area contributed by atoms with E-state index in [-0.39, 0.29) is 17.6 Å². The second-order valence-electron chi connectivity index (χ2n) is 5.80. The van der Waals surface area contributed by atoms with Crippen molar-refractivity contribution >= 4 is 0 Å². The van der Waals surface area contributed by atoms with Crippen molar-refractivity contribution in [3.05, 3.63) is 35.4 Å². The van der Waals surface area contributed by atoms with E-state index in [2.05, 4.69) is 57.4 Å². The van der Waals surface area contributed by atoms with Crippen LogP contribution in [0.4, 0.5) is 0 Å². The number of benzene rings is 1. The molecule has 0 aliphatic rings. The molecule has 0 spiro atoms. The Bertz CT molecular complexity index is 371. The zero-order valence-electron chi connectivity index (χ0n) is 12.2. The molecule has 3 N–H and O–H groups in total. The molecule has 0 saturated carbocycles. The molecule has 3 nitrogen and oxygen atoms in total. The van der Waals surface area contributed by atoms with Crippen LogP contribution in [0.2, 0.25) is 0 Å². The third-order valence-electron chi connectivity index (χ3n) is 3.08. The van der Waals surface area contributed by atoms with Gasteiger partial charge in [-0.05, 0) is 24.8 Å². The second kappa shape index (κ2) is 6.32. The Kier molecular flexibility index (Phi) is 5.32. The highest BCUT2D eigenvalue weighted by Gasteiger charge is 2.33. The van der Waals surface area contributed by atoms with Gasteiger partial charge in [-0.1, -0.05) is 50.6 Å². The maximum atomic E-state index is 5.91. The van der Waals surface area contributed by atoms with Gasteiger partial charge < -0.3 is 4.74 Å². The Hall–Kier alpha value is -0.900. The van der Waals surface area contributed by atoms with E-state index in [1.165, 1.54) is 11.1 Å². The van der Waals surface area contributed by atoms with Gasteiger partial charge in [-0.25, -0.2) is 0 Å². The SMILES string of the molecule is CCOC(C(NN)c1cccc(C)c1)C(C)(C)C. The number of hydrazine groups is 1. The van der Waals surface area contributed by atoms with Crippen molar-refractivity contribution in [2.45, 2.75) is 46.8 Å². The van der Waals surface area contributed by atoms with E-state index >= 15 is 0 Å². The summed E-state index contributed by atoms with van der Waals surface area (Å²) in [5.41, 5.74) is 5.34. The van der Waals surface area contributed by atoms with Crippen LogP contribution in [0.25, 0.3) is 0 Å². The highest BCUT2D eigenvalue weighted by molar-refractivity contribution is 5.26. The van der Waals surface area contributed by atoms with Crippen molar-refractivity contribution in [3.63, 3.8) is 0 Å². The maximum absolute atomic E-state index is 5.91. The van der Waals surface area contributed by atoms with Crippen LogP contribution in [0.5, 0.6) is 0 Å². The molecular weight excluding hydrogens is 224 g/mol. The lowest BCUT2D eigenvalue weighted by Crippen LogP contribution is -2.44. The molecule has 0 aliphatic heterocycles. The fourth-order valence-electron chi connectivity index (χ4n) is 2.25. The number of nitrogens with one attached hydrogen (secondary N) is 1. The van der Waals surface area contributed by atoms with Crippen LogP contribution in [0.15, 0.2) is 24.3 Å². The van der Waals surface area contributed by atoms with Crippen LogP contribution in [0, 0.1) is 12.3 Å². The van der Waals surface area contributed by atoms with E-state index in [1.54, 1.807) is 0 Å². The van der Waals surface area contributed by atoms with Crippen molar-refractivity contribution < 1.29 is 4.74 Å². The van der Waals surface area contributed by atoms with Gasteiger partial charge in [0.15, 0.2) is 0 Å². The van der Waals surface area contributed by atoms with Gasteiger partial charge in [0, 0.05) is 6.61 Å². The molecule has 0 fully saturated rings. The first-order chi connectivity index (χ1) is 8.40. The molecule has 3 heteroatoms. The summed E-state index contributed by atoms with van der Waals surface area (Å²) in [4.78, 5) is 0. The van der Waals surface area contributed by atoms with E-state index in [4.69, 9.17) is 10.6 Å². The quantitative estimate of drug-likeness (QED) is 0.624. The van der Waals surface area contributed by atoms with Crippen LogP contribution in [0.3, 0.4) is 0 Å². The van der Waals surface area contributed by atoms with Gasteiger partial charge in [0.1, 0.15) is 0 Å². The molecule has 0 bridgehead atoms. The summed E-state index contributed by atoms with van der Waals surface area (Å²) < 4.78 is 5.91. The minimum atomic E-state index is 0.00449. The Balaban J connectivity index is 3.06. The molecule has 1 aromatic carbocycles. The van der Waals surface area contributed by atoms with Gasteiger partial charge in [-0.3, -0.25) is 11.3 Å². The van der Waals surface area contributed by atoms with Gasteiger partial charge in [-0.2, -0.15) is 0 Å². The van der Waals surface area contributed by atoms with Crippen molar-refractivity contribution in [1.29, 1.82) is 0 Å². The molecular formula is C15H26N2O. The fourth-order valence-corrected chi connectivity index (χ4v) is 2.25. The first-order valence-electron chi connectivity index (χ1n) is 6.54. The summed E-state index contributed by atoms with van der Waals surface area (Å²) in [6.07, 6.45) is 0.0364. The topological polar surface area (TPSA) is 47.3 Å². The molecule has 18 heavy (non-hydrogen) atoms. The maximum Gasteiger partial charge on any atom is 0.0830 e. The van der Waals surface area contributed by atoms with Crippen LogP contribution in [-0.4, -0.2) is 12.7 Å². The highest BCUT2D eigenvalue weighted by atomic mass is 16.5. The van der Waals surface area contributed by atoms with E-state index in [9.17, 15) is 0 Å². The predicted molar refractivity (Wildman–Crippen MR) is 76.1 cm³/mol. The lowest BCUT2D eigenvalue weighted by molar-refractivity contribution is -0.0366. The largest absolute Gasteiger partial charge is 0.376 e. The predicted octanol–water partition coefficient (Wildman–Crippen LogP) is 2.95. The lowest BCUT2D eigenvalue weighted by Gasteiger charge is -2.36. The zero-order chi connectivity index (χ0) is 13.8. The number of hydrogen-bond donors (Lipinski definition) is 2. The van der Waals surface area contributed by atoms with Gasteiger partial charge in [0.2, 0.25) is 0 Å². The summed E-state index contributed by atoms with van der Waals surface area (Å²) in [5, 5.41) is 0. The van der Waals surface area contributed by atoms with Crippen molar-refractivity contribution in [3.8, 4) is 0 Å². The van der Waals surface area contributed by atoms with Crippen molar-refractivity contribution in [2.24, 2.45) is 11.3 Å². The summed E-state index contributed by atoms with van der Waals surface area (Å²) in [6, 6.07) is 8.40. The Morgan fingerprint density at radius 3 is 2.44 bits per heavy atom. The van der Waals surface area contributed by atoms with Crippen LogP contribution < -0.4 is 11.3 Å². The number of ether oxygens (including phenoxy) is 1. The highest BCUT2D eigenvalue weighted by Crippen LogP contribution is 2.32. The molecule has 2 atom stereocenters. The van der Waals surface area contributed by atoms with E-state index in [0.717, 1.165) is 0 Å². The summed E-state index contributed by atoms with van der Waals surface area (Å²) >= 11 is 0. The molecule has 0 amide bonds. The molecule has 1 rings (SSSR count). The summed E-state index contributed by atoms with van der Waals surface area (Å²) in [7, 11) is 0. The van der Waals surface area contributed by atoms with Gasteiger partial charge in [0.05, 0.1) is 12.1 Å². The third kappa shape index (κ3) is 3.80. The van der Waals surface area contributed by atoms with Crippen LogP contribution in [-0.2, 0) is 4.74 Å². The Morgan fingerprint density at radius 1 is 1.33 bits per heavy atom. The molecule has 0 aromatic heterocycles. The van der Waals surface area contributed by atoms with Crippen LogP contribution in [0.1, 0.15) is 44.9 Å². The molecule has 0 radical (unpaired) electrons. The second-order valence-corrected chi connectivity index (χ2v) is 5.80. The number of aryl methyl sites for hydroxylation is 1. The van der Waals surface area contributed by atoms with Gasteiger partial charge in [-0.15, -0.1) is 0 Å². The Morgan fingerprint density at radius 2 is 2.00 bits per heavy atom. The average Bonchev–Trinajstić information content (AvgIpc) is 2.28. The molecule has 0 heterocycles. The molecule has 102 valence electrons. The standard InChI is InChI=1S/C15H26N2O/c1-6-18-14(15(3,4)5)13(17-16)12-9-7-8-11(2)10-12/h7-10,13-14,17H,6,16H2,1-5H3. The van der Waals surface area contributed by atoms with Crippen molar-refractivity contribution in [1.82, 2.24) is 5.43 Å². The first-order valence-corrected chi connectivity index (χ1v) is 6.54. The zero-order valence-corrected chi connectivity index (χ0v) is 12.2. The van der Waals surface area contributed by atoms with Crippen LogP contribution >= 0.6 is 0 Å². The Labute approximate surface area is 111 Å². The minimum absolute atomic E-state index is 0.00449. The average molecular weight is 250 g/mol. The number of nitrogens with two attached hydrogens (primary N) is 1. The van der Waals surface area contributed by atoms with E-state index in [0.29, 0.717) is 6.61 Å². The minimum Gasteiger partial charge on any atom is -0.376 e. The van der Waals surface area contributed by atoms with Gasteiger partial charge >= 0.3 is 0 Å². The monoisotopic (exact) mass is 250 g/mol. The molecule has 0 aliphatic carbocycles. The summed E-state index contributed by atoms with van der Waals surface area (Å²) in [6.45, 7) is 11.3. The molecule has 0 saturated heterocycles. The van der Waals surface area contributed by atoms with E-state index in [1.807, 2.05) is 6.92 Å². The smallest absolute Gasteiger partial charge is 0.0830 e. The number of hydrogen-bond acceptors (Lipinski definition) is 3. The fraction of sp³-hybridized carbons (Fsp3) is 0.600. The van der Waals surface area contributed by atoms with Crippen molar-refractivity contribution in [2.75, 3.05) is 6.61 Å². The van der Waals surface area contributed by atoms with Gasteiger partial charge in [0.25, 0.3) is 0 Å². The number of rotatable bonds is 5. The molecule has 2 unspecified atom stereocenters. The summed E-state index contributed by atoms with van der Waals surface area (Å²) in [5.74, 6) is 5.75. The first kappa shape index (κ1) is 15.2. The van der Waals surface area contributed by atoms with E-state index < -0.39 is 0 Å². The molecule has 1 aromatic rings. The third-order valence-corrected chi connectivity index (χ3v) is 3.08. The normalized spacial score (nSPS) is 15.4. The lowest BCUT2D eigenvalue weighted by atomic mass is 9.82.